The Bertz CT molecular complexity index is 1200. The summed E-state index contributed by atoms with van der Waals surface area (Å²) in [5, 5.41) is 20.8. The molecule has 1 fully saturated rings. The standard InChI is InChI=1S/C25H24N2O5/c1-30-19-9-7-15(8-10-19)21-22-24(31-20-12-17(28)11-18(29)13-20)26-14-27-25(22)32-23(21)16-5-3-2-4-6-16/h2-10,14,17-18,20,28-29H,11-13H2,1H3. The topological polar surface area (TPSA) is 97.8 Å². The fourth-order valence-electron chi connectivity index (χ4n) is 4.29. The van der Waals surface area contributed by atoms with Gasteiger partial charge in [-0.2, -0.15) is 0 Å². The molecule has 2 N–H and O–H groups in total. The SMILES string of the molecule is COc1ccc(-c2c(-c3ccccc3)oc3ncnc(OC4CC(O)CC(O)C4)c23)cc1. The molecule has 1 saturated carbocycles. The van der Waals surface area contributed by atoms with Crippen LogP contribution >= 0.6 is 0 Å². The van der Waals surface area contributed by atoms with Gasteiger partial charge in [-0.25, -0.2) is 9.97 Å². The molecule has 164 valence electrons. The lowest BCUT2D eigenvalue weighted by Crippen LogP contribution is -2.36. The Morgan fingerprint density at radius 1 is 0.875 bits per heavy atom. The molecule has 2 atom stereocenters. The van der Waals surface area contributed by atoms with Crippen LogP contribution in [0.1, 0.15) is 19.3 Å². The Morgan fingerprint density at radius 3 is 2.28 bits per heavy atom. The van der Waals surface area contributed by atoms with Crippen molar-refractivity contribution in [2.45, 2.75) is 37.6 Å². The summed E-state index contributed by atoms with van der Waals surface area (Å²) < 4.78 is 17.7. The van der Waals surface area contributed by atoms with Crippen molar-refractivity contribution in [3.8, 4) is 34.1 Å². The average molecular weight is 432 g/mol. The third-order valence-electron chi connectivity index (χ3n) is 5.76. The highest BCUT2D eigenvalue weighted by molar-refractivity contribution is 6.03. The molecule has 7 nitrogen and oxygen atoms in total. The molecule has 32 heavy (non-hydrogen) atoms. The van der Waals surface area contributed by atoms with Crippen LogP contribution in [0.5, 0.6) is 11.6 Å². The highest BCUT2D eigenvalue weighted by Crippen LogP contribution is 2.44. The van der Waals surface area contributed by atoms with Crippen molar-refractivity contribution in [2.24, 2.45) is 0 Å². The van der Waals surface area contributed by atoms with Crippen LogP contribution < -0.4 is 9.47 Å². The molecular weight excluding hydrogens is 408 g/mol. The van der Waals surface area contributed by atoms with Gasteiger partial charge in [0.05, 0.1) is 19.3 Å². The number of benzene rings is 2. The number of hydrogen-bond acceptors (Lipinski definition) is 7. The van der Waals surface area contributed by atoms with E-state index in [-0.39, 0.29) is 6.10 Å². The van der Waals surface area contributed by atoms with E-state index >= 15 is 0 Å². The number of aliphatic hydroxyl groups is 2. The van der Waals surface area contributed by atoms with E-state index in [4.69, 9.17) is 13.9 Å². The molecule has 0 bridgehead atoms. The Labute approximate surface area is 185 Å². The van der Waals surface area contributed by atoms with Gasteiger partial charge in [-0.15, -0.1) is 0 Å². The van der Waals surface area contributed by atoms with E-state index in [1.54, 1.807) is 7.11 Å². The second-order valence-electron chi connectivity index (χ2n) is 8.01. The van der Waals surface area contributed by atoms with Crippen molar-refractivity contribution < 1.29 is 24.1 Å². The van der Waals surface area contributed by atoms with Gasteiger partial charge in [-0.3, -0.25) is 0 Å². The fraction of sp³-hybridized carbons (Fsp3) is 0.280. The van der Waals surface area contributed by atoms with Crippen molar-refractivity contribution in [3.63, 3.8) is 0 Å². The number of furan rings is 1. The Morgan fingerprint density at radius 2 is 1.59 bits per heavy atom. The minimum atomic E-state index is -0.605. The van der Waals surface area contributed by atoms with E-state index in [0.29, 0.717) is 42.0 Å². The maximum atomic E-state index is 10.1. The number of hydrogen-bond donors (Lipinski definition) is 2. The molecule has 1 aliphatic rings. The molecule has 7 heteroatoms. The Kier molecular flexibility index (Phi) is 5.51. The highest BCUT2D eigenvalue weighted by Gasteiger charge is 2.30. The molecule has 4 aromatic rings. The number of fused-ring (bicyclic) bond motifs is 1. The summed E-state index contributed by atoms with van der Waals surface area (Å²) in [7, 11) is 1.63. The Balaban J connectivity index is 1.66. The third-order valence-corrected chi connectivity index (χ3v) is 5.76. The van der Waals surface area contributed by atoms with Crippen molar-refractivity contribution in [3.05, 3.63) is 60.9 Å². The van der Waals surface area contributed by atoms with Crippen molar-refractivity contribution in [2.75, 3.05) is 7.11 Å². The van der Waals surface area contributed by atoms with Crippen LogP contribution in [0.3, 0.4) is 0 Å². The number of ether oxygens (including phenoxy) is 2. The molecule has 2 unspecified atom stereocenters. The van der Waals surface area contributed by atoms with E-state index in [2.05, 4.69) is 9.97 Å². The van der Waals surface area contributed by atoms with Crippen molar-refractivity contribution in [1.82, 2.24) is 9.97 Å². The molecular formula is C25H24N2O5. The molecule has 0 aliphatic heterocycles. The van der Waals surface area contributed by atoms with Crippen LogP contribution in [0.4, 0.5) is 0 Å². The molecule has 0 spiro atoms. The maximum Gasteiger partial charge on any atom is 0.234 e. The zero-order valence-electron chi connectivity index (χ0n) is 17.6. The maximum absolute atomic E-state index is 10.1. The van der Waals surface area contributed by atoms with Crippen LogP contribution in [-0.4, -0.2) is 45.6 Å². The van der Waals surface area contributed by atoms with Gasteiger partial charge in [0.2, 0.25) is 11.6 Å². The lowest BCUT2D eigenvalue weighted by Gasteiger charge is -2.29. The molecule has 1 aliphatic carbocycles. The van der Waals surface area contributed by atoms with Crippen molar-refractivity contribution >= 4 is 11.1 Å². The van der Waals surface area contributed by atoms with Gasteiger partial charge in [0.25, 0.3) is 0 Å². The van der Waals surface area contributed by atoms with Gasteiger partial charge in [-0.1, -0.05) is 42.5 Å². The summed E-state index contributed by atoms with van der Waals surface area (Å²) in [6.45, 7) is 0. The largest absolute Gasteiger partial charge is 0.497 e. The average Bonchev–Trinajstić information content (AvgIpc) is 3.20. The molecule has 0 radical (unpaired) electrons. The predicted molar refractivity (Wildman–Crippen MR) is 120 cm³/mol. The summed E-state index contributed by atoms with van der Waals surface area (Å²) >= 11 is 0. The van der Waals surface area contributed by atoms with Crippen LogP contribution in [0.2, 0.25) is 0 Å². The lowest BCUT2D eigenvalue weighted by atomic mass is 9.92. The van der Waals surface area contributed by atoms with Crippen LogP contribution in [0.25, 0.3) is 33.6 Å². The van der Waals surface area contributed by atoms with E-state index in [9.17, 15) is 10.2 Å². The molecule has 0 amide bonds. The molecule has 2 heterocycles. The minimum absolute atomic E-state index is 0.356. The van der Waals surface area contributed by atoms with Gasteiger partial charge in [-0.05, 0) is 24.1 Å². The molecule has 2 aromatic heterocycles. The first-order chi connectivity index (χ1) is 15.6. The molecule has 0 saturated heterocycles. The first kappa shape index (κ1) is 20.5. The van der Waals surface area contributed by atoms with E-state index < -0.39 is 12.2 Å². The smallest absolute Gasteiger partial charge is 0.234 e. The van der Waals surface area contributed by atoms with Crippen LogP contribution in [-0.2, 0) is 0 Å². The summed E-state index contributed by atoms with van der Waals surface area (Å²) in [6.07, 6.45) is 1.07. The summed E-state index contributed by atoms with van der Waals surface area (Å²) in [5.41, 5.74) is 3.05. The first-order valence-corrected chi connectivity index (χ1v) is 10.6. The summed E-state index contributed by atoms with van der Waals surface area (Å²) in [4.78, 5) is 8.75. The van der Waals surface area contributed by atoms with Gasteiger partial charge in [0, 0.05) is 24.0 Å². The van der Waals surface area contributed by atoms with Gasteiger partial charge >= 0.3 is 0 Å². The first-order valence-electron chi connectivity index (χ1n) is 10.6. The number of aliphatic hydroxyl groups excluding tert-OH is 2. The number of aromatic nitrogens is 2. The Hall–Kier alpha value is -3.42. The van der Waals surface area contributed by atoms with Crippen LogP contribution in [0.15, 0.2) is 65.3 Å². The van der Waals surface area contributed by atoms with Crippen molar-refractivity contribution in [1.29, 1.82) is 0 Å². The lowest BCUT2D eigenvalue weighted by molar-refractivity contribution is -0.0163. The van der Waals surface area contributed by atoms with Crippen LogP contribution in [0, 0.1) is 0 Å². The zero-order valence-corrected chi connectivity index (χ0v) is 17.6. The highest BCUT2D eigenvalue weighted by atomic mass is 16.5. The van der Waals surface area contributed by atoms with Gasteiger partial charge in [0.1, 0.15) is 29.3 Å². The predicted octanol–water partition coefficient (Wildman–Crippen LogP) is 4.22. The fourth-order valence-corrected chi connectivity index (χ4v) is 4.29. The van der Waals surface area contributed by atoms with Gasteiger partial charge in [0.15, 0.2) is 0 Å². The second-order valence-corrected chi connectivity index (χ2v) is 8.01. The van der Waals surface area contributed by atoms with E-state index in [1.807, 2.05) is 54.6 Å². The number of methoxy groups -OCH3 is 1. The normalized spacial score (nSPS) is 20.9. The quantitative estimate of drug-likeness (QED) is 0.487. The summed E-state index contributed by atoms with van der Waals surface area (Å²) in [6, 6.07) is 17.5. The van der Waals surface area contributed by atoms with E-state index in [1.165, 1.54) is 6.33 Å². The monoisotopic (exact) mass is 432 g/mol. The zero-order chi connectivity index (χ0) is 22.1. The number of nitrogens with zero attached hydrogens (tertiary/aromatic N) is 2. The van der Waals surface area contributed by atoms with Gasteiger partial charge < -0.3 is 24.1 Å². The number of rotatable bonds is 5. The molecule has 2 aromatic carbocycles. The second kappa shape index (κ2) is 8.61. The third kappa shape index (κ3) is 3.92. The van der Waals surface area contributed by atoms with E-state index in [0.717, 1.165) is 22.4 Å². The minimum Gasteiger partial charge on any atom is -0.497 e. The molecule has 5 rings (SSSR count). The summed E-state index contributed by atoms with van der Waals surface area (Å²) in [5.74, 6) is 1.79.